The molecule has 2 N–H and O–H groups in total. The minimum Gasteiger partial charge on any atom is -0.507 e. The molecule has 0 amide bonds. The van der Waals surface area contributed by atoms with Crippen molar-refractivity contribution in [1.29, 1.82) is 0 Å². The van der Waals surface area contributed by atoms with Crippen molar-refractivity contribution < 1.29 is 14.6 Å². The van der Waals surface area contributed by atoms with E-state index in [-0.39, 0.29) is 11.5 Å². The lowest BCUT2D eigenvalue weighted by Crippen LogP contribution is -1.92. The number of thiophene rings is 1. The van der Waals surface area contributed by atoms with Crippen LogP contribution in [0, 0.1) is 6.92 Å². The quantitative estimate of drug-likeness (QED) is 0.427. The van der Waals surface area contributed by atoms with Crippen molar-refractivity contribution in [2.75, 3.05) is 0 Å². The third kappa shape index (κ3) is 2.38. The Labute approximate surface area is 158 Å². The Bertz CT molecular complexity index is 1320. The summed E-state index contributed by atoms with van der Waals surface area (Å²) in [6.45, 7) is 1.91. The van der Waals surface area contributed by atoms with Gasteiger partial charge in [0.2, 0.25) is 0 Å². The molecule has 5 nitrogen and oxygen atoms in total. The van der Waals surface area contributed by atoms with Crippen LogP contribution in [0.2, 0.25) is 0 Å². The van der Waals surface area contributed by atoms with Gasteiger partial charge in [0.1, 0.15) is 22.6 Å². The average Bonchev–Trinajstić information content (AvgIpc) is 3.29. The molecule has 0 aliphatic rings. The summed E-state index contributed by atoms with van der Waals surface area (Å²) in [7, 11) is 0. The van der Waals surface area contributed by atoms with Gasteiger partial charge < -0.3 is 14.6 Å². The van der Waals surface area contributed by atoms with E-state index in [1.807, 2.05) is 36.6 Å². The fourth-order valence-corrected chi connectivity index (χ4v) is 4.31. The van der Waals surface area contributed by atoms with Crippen LogP contribution in [0.25, 0.3) is 43.6 Å². The fourth-order valence-electron chi connectivity index (χ4n) is 3.39. The lowest BCUT2D eigenvalue weighted by molar-refractivity contribution is 0.477. The number of nitrogens with zero attached hydrogens (tertiary/aromatic N) is 2. The van der Waals surface area contributed by atoms with Crippen molar-refractivity contribution in [3.05, 3.63) is 59.7 Å². The first-order valence-electron chi connectivity index (χ1n) is 8.37. The van der Waals surface area contributed by atoms with Crippen LogP contribution in [0.1, 0.15) is 5.56 Å². The molecule has 0 atom stereocenters. The van der Waals surface area contributed by atoms with Gasteiger partial charge in [-0.05, 0) is 36.8 Å². The maximum atomic E-state index is 10.7. The highest BCUT2D eigenvalue weighted by Gasteiger charge is 2.18. The molecule has 0 aliphatic carbocycles. The molecule has 0 aliphatic heterocycles. The predicted octanol–water partition coefficient (Wildman–Crippen LogP) is 5.49. The Morgan fingerprint density at radius 3 is 2.70 bits per heavy atom. The van der Waals surface area contributed by atoms with Crippen LogP contribution in [0.3, 0.4) is 0 Å². The van der Waals surface area contributed by atoms with E-state index in [0.29, 0.717) is 22.2 Å². The van der Waals surface area contributed by atoms with Crippen molar-refractivity contribution in [1.82, 2.24) is 10.2 Å². The van der Waals surface area contributed by atoms with Gasteiger partial charge in [-0.25, -0.2) is 0 Å². The second-order valence-corrected chi connectivity index (χ2v) is 7.27. The number of phenolic OH excluding ortho intramolecular Hbond substituents is 2. The van der Waals surface area contributed by atoms with Crippen LogP contribution in [0.5, 0.6) is 11.5 Å². The lowest BCUT2D eigenvalue weighted by atomic mass is 10.0. The van der Waals surface area contributed by atoms with Crippen LogP contribution in [0.15, 0.2) is 58.5 Å². The van der Waals surface area contributed by atoms with Crippen LogP contribution >= 0.6 is 11.3 Å². The van der Waals surface area contributed by atoms with Crippen LogP contribution in [0.4, 0.5) is 0 Å². The van der Waals surface area contributed by atoms with E-state index in [0.717, 1.165) is 26.9 Å². The van der Waals surface area contributed by atoms with E-state index in [4.69, 9.17) is 4.42 Å². The minimum atomic E-state index is 0.143. The number of aryl methyl sites for hydroxylation is 1. The maximum absolute atomic E-state index is 10.7. The van der Waals surface area contributed by atoms with Crippen molar-refractivity contribution in [3.8, 4) is 33.9 Å². The molecule has 0 unspecified atom stereocenters. The summed E-state index contributed by atoms with van der Waals surface area (Å²) in [6, 6.07) is 12.7. The largest absolute Gasteiger partial charge is 0.507 e. The summed E-state index contributed by atoms with van der Waals surface area (Å²) >= 11 is 1.53. The number of aromatic nitrogens is 2. The molecule has 3 aromatic heterocycles. The zero-order valence-corrected chi connectivity index (χ0v) is 15.1. The van der Waals surface area contributed by atoms with Crippen molar-refractivity contribution >= 4 is 32.5 Å². The summed E-state index contributed by atoms with van der Waals surface area (Å²) in [6.07, 6.45) is 1.56. The molecule has 27 heavy (non-hydrogen) atoms. The second-order valence-electron chi connectivity index (χ2n) is 6.36. The number of phenols is 2. The first-order chi connectivity index (χ1) is 13.1. The normalized spacial score (nSPS) is 11.4. The van der Waals surface area contributed by atoms with Gasteiger partial charge in [0, 0.05) is 22.1 Å². The Balaban J connectivity index is 1.70. The van der Waals surface area contributed by atoms with Gasteiger partial charge in [-0.2, -0.15) is 0 Å². The molecule has 0 saturated heterocycles. The Morgan fingerprint density at radius 1 is 1.00 bits per heavy atom. The predicted molar refractivity (Wildman–Crippen MR) is 106 cm³/mol. The molecule has 6 heteroatoms. The molecule has 2 aromatic carbocycles. The first-order valence-corrected chi connectivity index (χ1v) is 9.25. The minimum absolute atomic E-state index is 0.143. The van der Waals surface area contributed by atoms with E-state index in [9.17, 15) is 10.2 Å². The van der Waals surface area contributed by atoms with Crippen molar-refractivity contribution in [3.63, 3.8) is 0 Å². The molecule has 132 valence electrons. The molecule has 0 bridgehead atoms. The van der Waals surface area contributed by atoms with Gasteiger partial charge in [0.05, 0.1) is 22.0 Å². The molecular weight excluding hydrogens is 360 g/mol. The standard InChI is InChI=1S/C21H14N2O3S/c1-11-8-17-13(6-7-26-17)21(25)19(11)15-9-18-20(23-22-15)14(10-27-18)12-4-2-3-5-16(12)24/h2-10,24-25H,1H3. The van der Waals surface area contributed by atoms with Crippen molar-refractivity contribution in [2.45, 2.75) is 6.92 Å². The SMILES string of the molecule is Cc1cc2occc2c(O)c1-c1cc2scc(-c3ccccc3O)c2nn1. The van der Waals surface area contributed by atoms with Gasteiger partial charge >= 0.3 is 0 Å². The Kier molecular flexibility index (Phi) is 3.42. The Morgan fingerprint density at radius 2 is 1.85 bits per heavy atom. The molecule has 3 heterocycles. The molecule has 5 rings (SSSR count). The highest BCUT2D eigenvalue weighted by Crippen LogP contribution is 2.41. The number of hydrogen-bond donors (Lipinski definition) is 2. The molecule has 0 fully saturated rings. The number of fused-ring (bicyclic) bond motifs is 2. The monoisotopic (exact) mass is 374 g/mol. The van der Waals surface area contributed by atoms with Gasteiger partial charge in [-0.15, -0.1) is 21.5 Å². The van der Waals surface area contributed by atoms with E-state index < -0.39 is 0 Å². The number of benzene rings is 2. The first kappa shape index (κ1) is 15.8. The lowest BCUT2D eigenvalue weighted by Gasteiger charge is -2.09. The number of hydrogen-bond acceptors (Lipinski definition) is 6. The summed E-state index contributed by atoms with van der Waals surface area (Å²) in [4.78, 5) is 0. The zero-order valence-electron chi connectivity index (χ0n) is 14.3. The van der Waals surface area contributed by atoms with E-state index >= 15 is 0 Å². The van der Waals surface area contributed by atoms with Gasteiger partial charge in [0.15, 0.2) is 0 Å². The van der Waals surface area contributed by atoms with Gasteiger partial charge in [-0.3, -0.25) is 0 Å². The third-order valence-electron chi connectivity index (χ3n) is 4.70. The molecule has 0 saturated carbocycles. The average molecular weight is 374 g/mol. The van der Waals surface area contributed by atoms with Crippen molar-refractivity contribution in [2.24, 2.45) is 0 Å². The van der Waals surface area contributed by atoms with E-state index in [2.05, 4.69) is 10.2 Å². The van der Waals surface area contributed by atoms with Gasteiger partial charge in [-0.1, -0.05) is 18.2 Å². The maximum Gasteiger partial charge on any atom is 0.137 e. The van der Waals surface area contributed by atoms with Crippen LogP contribution in [-0.2, 0) is 0 Å². The van der Waals surface area contributed by atoms with E-state index in [1.54, 1.807) is 24.5 Å². The molecular formula is C21H14N2O3S. The highest BCUT2D eigenvalue weighted by molar-refractivity contribution is 7.17. The number of rotatable bonds is 2. The number of para-hydroxylation sites is 1. The molecule has 0 radical (unpaired) electrons. The fraction of sp³-hybridized carbons (Fsp3) is 0.0476. The third-order valence-corrected chi connectivity index (χ3v) is 5.62. The van der Waals surface area contributed by atoms with Gasteiger partial charge in [0.25, 0.3) is 0 Å². The zero-order chi connectivity index (χ0) is 18.5. The number of aromatic hydroxyl groups is 2. The van der Waals surface area contributed by atoms with E-state index in [1.165, 1.54) is 11.3 Å². The summed E-state index contributed by atoms with van der Waals surface area (Å²) in [5, 5.41) is 32.2. The van der Waals surface area contributed by atoms with Crippen LogP contribution < -0.4 is 0 Å². The summed E-state index contributed by atoms with van der Waals surface area (Å²) < 4.78 is 6.32. The summed E-state index contributed by atoms with van der Waals surface area (Å²) in [5.74, 6) is 0.354. The molecule has 0 spiro atoms. The molecule has 5 aromatic rings. The smallest absolute Gasteiger partial charge is 0.137 e. The highest BCUT2D eigenvalue weighted by atomic mass is 32.1. The topological polar surface area (TPSA) is 79.4 Å². The Hall–Kier alpha value is -3.38. The number of furan rings is 1. The summed E-state index contributed by atoms with van der Waals surface area (Å²) in [5.41, 5.74) is 5.05. The van der Waals surface area contributed by atoms with Crippen LogP contribution in [-0.4, -0.2) is 20.4 Å². The second kappa shape index (κ2) is 5.82.